The first-order valence-electron chi connectivity index (χ1n) is 2.85. The molecule has 0 spiro atoms. The number of rotatable bonds is 2. The molecule has 0 rings (SSSR count). The molecule has 9 heavy (non-hydrogen) atoms. The fourth-order valence-electron chi connectivity index (χ4n) is 0.324. The summed E-state index contributed by atoms with van der Waals surface area (Å²) in [6, 6.07) is 0. The summed E-state index contributed by atoms with van der Waals surface area (Å²) in [6.45, 7) is 6.07. The van der Waals surface area contributed by atoms with Crippen molar-refractivity contribution in [3.63, 3.8) is 0 Å². The average molecular weight is 292 g/mol. The van der Waals surface area contributed by atoms with E-state index in [2.05, 4.69) is 26.0 Å². The molecule has 0 aromatic rings. The molecule has 0 fully saturated rings. The summed E-state index contributed by atoms with van der Waals surface area (Å²) >= 11 is 0. The van der Waals surface area contributed by atoms with E-state index in [1.807, 2.05) is 19.1 Å². The largest absolute Gasteiger partial charge is 2.00 e. The Morgan fingerprint density at radius 1 is 1.22 bits per heavy atom. The van der Waals surface area contributed by atoms with Crippen LogP contribution in [0.1, 0.15) is 20.8 Å². The first kappa shape index (κ1) is 11.9. The van der Waals surface area contributed by atoms with Crippen LogP contribution in [0.25, 0.3) is 0 Å². The van der Waals surface area contributed by atoms with Gasteiger partial charge in [0.2, 0.25) is 0 Å². The van der Waals surface area contributed by atoms with Gasteiger partial charge in [0.25, 0.3) is 0 Å². The van der Waals surface area contributed by atoms with E-state index in [0.717, 1.165) is 0 Å². The predicted octanol–water partition coefficient (Wildman–Crippen LogP) is 2.38. The van der Waals surface area contributed by atoms with E-state index in [-0.39, 0.29) is 21.1 Å². The van der Waals surface area contributed by atoms with Gasteiger partial charge in [0, 0.05) is 0 Å². The zero-order valence-corrected chi connectivity index (χ0v) is 9.07. The molecule has 0 aromatic heterocycles. The SMILES string of the molecule is C[C-]=CC=[C-]C(C)C.[W+2]. The van der Waals surface area contributed by atoms with Crippen LogP contribution in [0.3, 0.4) is 0 Å². The molecule has 0 amide bonds. The van der Waals surface area contributed by atoms with Crippen LogP contribution in [0.15, 0.2) is 12.2 Å². The molecule has 0 N–H and O–H groups in total. The third kappa shape index (κ3) is 11.6. The second-order valence-corrected chi connectivity index (χ2v) is 1.94. The van der Waals surface area contributed by atoms with Gasteiger partial charge in [0.05, 0.1) is 0 Å². The molecule has 0 saturated heterocycles. The van der Waals surface area contributed by atoms with Crippen LogP contribution in [0.2, 0.25) is 0 Å². The van der Waals surface area contributed by atoms with Crippen molar-refractivity contribution in [3.8, 4) is 0 Å². The summed E-state index contributed by atoms with van der Waals surface area (Å²) in [4.78, 5) is 0. The van der Waals surface area contributed by atoms with Crippen LogP contribution < -0.4 is 0 Å². The molecule has 0 aliphatic heterocycles. The van der Waals surface area contributed by atoms with E-state index < -0.39 is 0 Å². The molecule has 0 radical (unpaired) electrons. The molecule has 0 aromatic carbocycles. The first-order chi connectivity index (χ1) is 3.77. The van der Waals surface area contributed by atoms with Crippen LogP contribution in [-0.2, 0) is 21.1 Å². The van der Waals surface area contributed by atoms with Gasteiger partial charge in [0.15, 0.2) is 0 Å². The monoisotopic (exact) mass is 292 g/mol. The zero-order valence-electron chi connectivity index (χ0n) is 6.14. The topological polar surface area (TPSA) is 0 Å². The van der Waals surface area contributed by atoms with Crippen molar-refractivity contribution in [2.45, 2.75) is 20.8 Å². The Bertz CT molecular complexity index is 90.7. The van der Waals surface area contributed by atoms with Crippen molar-refractivity contribution < 1.29 is 21.1 Å². The van der Waals surface area contributed by atoms with Crippen LogP contribution in [0.4, 0.5) is 0 Å². The third-order valence-corrected chi connectivity index (χ3v) is 0.680. The van der Waals surface area contributed by atoms with Crippen molar-refractivity contribution in [1.29, 1.82) is 0 Å². The minimum Gasteiger partial charge on any atom is -0.391 e. The first-order valence-corrected chi connectivity index (χ1v) is 2.85. The van der Waals surface area contributed by atoms with E-state index >= 15 is 0 Å². The van der Waals surface area contributed by atoms with Crippen LogP contribution >= 0.6 is 0 Å². The molecular formula is C8H12W. The van der Waals surface area contributed by atoms with Gasteiger partial charge in [-0.25, -0.2) is 0 Å². The van der Waals surface area contributed by atoms with Gasteiger partial charge in [-0.2, -0.15) is 0 Å². The second kappa shape index (κ2) is 8.17. The zero-order chi connectivity index (χ0) is 6.41. The van der Waals surface area contributed by atoms with Crippen LogP contribution in [0, 0.1) is 18.1 Å². The molecule has 0 saturated carbocycles. The molecule has 0 nitrogen and oxygen atoms in total. The normalized spacial score (nSPS) is 11.1. The number of hydrogen-bond acceptors (Lipinski definition) is 0. The van der Waals surface area contributed by atoms with E-state index in [0.29, 0.717) is 5.92 Å². The second-order valence-electron chi connectivity index (χ2n) is 1.94. The molecule has 0 unspecified atom stereocenters. The van der Waals surface area contributed by atoms with Crippen molar-refractivity contribution >= 4 is 0 Å². The Morgan fingerprint density at radius 3 is 2.11 bits per heavy atom. The minimum atomic E-state index is 0. The fourth-order valence-corrected chi connectivity index (χ4v) is 0.324. The maximum atomic E-state index is 3.10. The van der Waals surface area contributed by atoms with Crippen LogP contribution in [-0.4, -0.2) is 0 Å². The van der Waals surface area contributed by atoms with Gasteiger partial charge in [-0.15, -0.1) is 12.8 Å². The van der Waals surface area contributed by atoms with E-state index in [1.54, 1.807) is 0 Å². The molecule has 0 aliphatic carbocycles. The molecule has 0 heterocycles. The predicted molar refractivity (Wildman–Crippen MR) is 36.1 cm³/mol. The third-order valence-electron chi connectivity index (χ3n) is 0.680. The summed E-state index contributed by atoms with van der Waals surface area (Å²) in [5, 5.41) is 0. The van der Waals surface area contributed by atoms with Crippen molar-refractivity contribution in [2.75, 3.05) is 0 Å². The Balaban J connectivity index is 0. The number of allylic oxidation sites excluding steroid dienone is 4. The van der Waals surface area contributed by atoms with Gasteiger partial charge >= 0.3 is 21.1 Å². The maximum absolute atomic E-state index is 3.10. The van der Waals surface area contributed by atoms with Gasteiger partial charge < -0.3 is 24.3 Å². The maximum Gasteiger partial charge on any atom is 2.00 e. The smallest absolute Gasteiger partial charge is 0.391 e. The fraction of sp³-hybridized carbons (Fsp3) is 0.500. The standard InChI is InChI=1S/C8H12.W/c1-4-5-6-7-8(2)3;/h5-6,8H,1-3H3;/q-2;+2. The summed E-state index contributed by atoms with van der Waals surface area (Å²) in [7, 11) is 0. The van der Waals surface area contributed by atoms with Crippen molar-refractivity contribution in [2.24, 2.45) is 5.92 Å². The van der Waals surface area contributed by atoms with Crippen molar-refractivity contribution in [3.05, 3.63) is 24.3 Å². The molecular weight excluding hydrogens is 280 g/mol. The average Bonchev–Trinajstić information content (AvgIpc) is 1.66. The molecule has 0 bridgehead atoms. The Kier molecular flexibility index (Phi) is 10.8. The molecule has 50 valence electrons. The van der Waals surface area contributed by atoms with Gasteiger partial charge in [-0.05, 0) is 0 Å². The molecule has 0 aliphatic rings. The number of hydrogen-bond donors (Lipinski definition) is 0. The summed E-state index contributed by atoms with van der Waals surface area (Å²) in [5.41, 5.74) is 0. The van der Waals surface area contributed by atoms with E-state index in [1.165, 1.54) is 0 Å². The minimum absolute atomic E-state index is 0. The Labute approximate surface area is 72.3 Å². The summed E-state index contributed by atoms with van der Waals surface area (Å²) in [5.74, 6) is 0.527. The Hall–Kier alpha value is 0.168. The molecule has 1 heteroatoms. The summed E-state index contributed by atoms with van der Waals surface area (Å²) < 4.78 is 0. The van der Waals surface area contributed by atoms with E-state index in [4.69, 9.17) is 0 Å². The molecule has 0 atom stereocenters. The van der Waals surface area contributed by atoms with Gasteiger partial charge in [-0.3, -0.25) is 0 Å². The van der Waals surface area contributed by atoms with Gasteiger partial charge in [-0.1, -0.05) is 13.8 Å². The Morgan fingerprint density at radius 2 is 1.78 bits per heavy atom. The quantitative estimate of drug-likeness (QED) is 0.541. The van der Waals surface area contributed by atoms with E-state index in [9.17, 15) is 0 Å². The van der Waals surface area contributed by atoms with Gasteiger partial charge in [0.1, 0.15) is 0 Å². The summed E-state index contributed by atoms with van der Waals surface area (Å²) in [6.07, 6.45) is 9.74. The van der Waals surface area contributed by atoms with Crippen molar-refractivity contribution in [1.82, 2.24) is 0 Å². The van der Waals surface area contributed by atoms with Crippen LogP contribution in [0.5, 0.6) is 0 Å².